The van der Waals surface area contributed by atoms with Crippen molar-refractivity contribution in [3.05, 3.63) is 74.8 Å². The van der Waals surface area contributed by atoms with Crippen LogP contribution in [0.3, 0.4) is 0 Å². The summed E-state index contributed by atoms with van der Waals surface area (Å²) in [5.74, 6) is 0.808. The van der Waals surface area contributed by atoms with Crippen LogP contribution in [0.4, 0.5) is 0 Å². The number of fused-ring (bicyclic) bond motifs is 1. The van der Waals surface area contributed by atoms with Crippen LogP contribution in [0.1, 0.15) is 5.69 Å². The Kier molecular flexibility index (Phi) is 4.67. The zero-order valence-electron chi connectivity index (χ0n) is 13.1. The number of nitrogens with zero attached hydrogens (tertiary/aromatic N) is 4. The van der Waals surface area contributed by atoms with Crippen molar-refractivity contribution in [2.45, 2.75) is 11.0 Å². The average Bonchev–Trinajstić information content (AvgIpc) is 3.10. The fourth-order valence-corrected chi connectivity index (χ4v) is 3.35. The molecular formula is C17H10Cl2N4O2S. The van der Waals surface area contributed by atoms with Gasteiger partial charge in [-0.15, -0.1) is 10.2 Å². The lowest BCUT2D eigenvalue weighted by Crippen LogP contribution is -2.15. The Hall–Kier alpha value is -2.35. The van der Waals surface area contributed by atoms with Crippen LogP contribution in [0, 0.1) is 0 Å². The normalized spacial score (nSPS) is 11.2. The minimum atomic E-state index is -0.196. The third kappa shape index (κ3) is 3.60. The maximum Gasteiger partial charge on any atom is 0.277 e. The Balaban J connectivity index is 1.54. The van der Waals surface area contributed by atoms with E-state index in [1.54, 1.807) is 30.5 Å². The molecule has 0 N–H and O–H groups in total. The number of thioether (sulfide) groups is 1. The maximum atomic E-state index is 12.2. The summed E-state index contributed by atoms with van der Waals surface area (Å²) in [6, 6.07) is 12.0. The first kappa shape index (κ1) is 17.1. The minimum Gasteiger partial charge on any atom is -0.411 e. The molecular weight excluding hydrogens is 395 g/mol. The molecule has 1 aromatic carbocycles. The molecule has 9 heteroatoms. The predicted molar refractivity (Wildman–Crippen MR) is 101 cm³/mol. The fourth-order valence-electron chi connectivity index (χ4n) is 2.34. The molecule has 0 radical (unpaired) electrons. The Morgan fingerprint density at radius 1 is 1.08 bits per heavy atom. The second kappa shape index (κ2) is 7.11. The van der Waals surface area contributed by atoms with Crippen molar-refractivity contribution in [2.24, 2.45) is 0 Å². The number of hydrogen-bond donors (Lipinski definition) is 0. The Labute approximate surface area is 161 Å². The van der Waals surface area contributed by atoms with E-state index < -0.39 is 0 Å². The first-order valence-corrected chi connectivity index (χ1v) is 9.23. The van der Waals surface area contributed by atoms with E-state index in [2.05, 4.69) is 15.2 Å². The van der Waals surface area contributed by atoms with Gasteiger partial charge in [0.1, 0.15) is 5.65 Å². The Morgan fingerprint density at radius 2 is 1.96 bits per heavy atom. The van der Waals surface area contributed by atoms with Gasteiger partial charge in [-0.05, 0) is 30.3 Å². The summed E-state index contributed by atoms with van der Waals surface area (Å²) in [5.41, 5.74) is 1.70. The molecule has 0 saturated carbocycles. The SMILES string of the molecule is O=c1cc(CSc2nnc(-c3cccc(Cl)c3)o2)nc2ccc(Cl)cn12. The number of benzene rings is 1. The smallest absolute Gasteiger partial charge is 0.277 e. The lowest BCUT2D eigenvalue weighted by atomic mass is 10.2. The predicted octanol–water partition coefficient (Wildman–Crippen LogP) is 4.34. The van der Waals surface area contributed by atoms with Gasteiger partial charge in [0.25, 0.3) is 10.8 Å². The molecule has 0 spiro atoms. The average molecular weight is 405 g/mol. The number of hydrogen-bond acceptors (Lipinski definition) is 6. The number of pyridine rings is 1. The van der Waals surface area contributed by atoms with Gasteiger partial charge in [-0.3, -0.25) is 9.20 Å². The molecule has 130 valence electrons. The molecule has 0 fully saturated rings. The molecule has 0 atom stereocenters. The van der Waals surface area contributed by atoms with E-state index in [9.17, 15) is 4.79 Å². The molecule has 0 amide bonds. The molecule has 26 heavy (non-hydrogen) atoms. The van der Waals surface area contributed by atoms with Crippen LogP contribution in [0.15, 0.2) is 63.1 Å². The molecule has 4 rings (SSSR count). The molecule has 0 aliphatic carbocycles. The highest BCUT2D eigenvalue weighted by Gasteiger charge is 2.11. The standard InChI is InChI=1S/C17H10Cl2N4O2S/c18-11-3-1-2-10(6-11)16-21-22-17(25-16)26-9-13-7-15(24)23-8-12(19)4-5-14(23)20-13/h1-8H,9H2. The van der Waals surface area contributed by atoms with Crippen molar-refractivity contribution in [3.8, 4) is 11.5 Å². The van der Waals surface area contributed by atoms with E-state index in [-0.39, 0.29) is 5.56 Å². The Morgan fingerprint density at radius 3 is 2.81 bits per heavy atom. The van der Waals surface area contributed by atoms with Crippen LogP contribution in [0.25, 0.3) is 17.1 Å². The molecule has 4 aromatic rings. The van der Waals surface area contributed by atoms with Crippen LogP contribution < -0.4 is 5.56 Å². The zero-order chi connectivity index (χ0) is 18.1. The topological polar surface area (TPSA) is 73.3 Å². The van der Waals surface area contributed by atoms with E-state index in [1.807, 2.05) is 12.1 Å². The maximum absolute atomic E-state index is 12.2. The van der Waals surface area contributed by atoms with Crippen LogP contribution in [0.2, 0.25) is 10.0 Å². The first-order valence-electron chi connectivity index (χ1n) is 7.48. The summed E-state index contributed by atoms with van der Waals surface area (Å²) >= 11 is 13.2. The quantitative estimate of drug-likeness (QED) is 0.470. The van der Waals surface area contributed by atoms with Gasteiger partial charge in [0.15, 0.2) is 0 Å². The van der Waals surface area contributed by atoms with Gasteiger partial charge >= 0.3 is 0 Å². The van der Waals surface area contributed by atoms with Gasteiger partial charge < -0.3 is 4.42 Å². The monoisotopic (exact) mass is 404 g/mol. The third-order valence-corrected chi connectivity index (χ3v) is 4.81. The first-order chi connectivity index (χ1) is 12.6. The van der Waals surface area contributed by atoms with E-state index in [0.29, 0.717) is 38.3 Å². The number of rotatable bonds is 4. The highest BCUT2D eigenvalue weighted by molar-refractivity contribution is 7.98. The van der Waals surface area contributed by atoms with E-state index in [0.717, 1.165) is 5.56 Å². The third-order valence-electron chi connectivity index (χ3n) is 3.50. The van der Waals surface area contributed by atoms with Crippen LogP contribution in [-0.2, 0) is 5.75 Å². The summed E-state index contributed by atoms with van der Waals surface area (Å²) in [7, 11) is 0. The molecule has 3 aromatic heterocycles. The van der Waals surface area contributed by atoms with E-state index in [4.69, 9.17) is 27.6 Å². The van der Waals surface area contributed by atoms with Gasteiger partial charge in [-0.1, -0.05) is 41.0 Å². The van der Waals surface area contributed by atoms with Crippen molar-refractivity contribution in [3.63, 3.8) is 0 Å². The molecule has 0 aliphatic heterocycles. The molecule has 0 unspecified atom stereocenters. The fraction of sp³-hybridized carbons (Fsp3) is 0.0588. The van der Waals surface area contributed by atoms with Crippen molar-refractivity contribution in [1.29, 1.82) is 0 Å². The number of aromatic nitrogens is 4. The van der Waals surface area contributed by atoms with Crippen molar-refractivity contribution in [2.75, 3.05) is 0 Å². The molecule has 0 aliphatic rings. The van der Waals surface area contributed by atoms with Crippen LogP contribution >= 0.6 is 35.0 Å². The van der Waals surface area contributed by atoms with Crippen molar-refractivity contribution >= 4 is 40.6 Å². The summed E-state index contributed by atoms with van der Waals surface area (Å²) in [6.45, 7) is 0. The van der Waals surface area contributed by atoms with Crippen LogP contribution in [-0.4, -0.2) is 19.6 Å². The molecule has 3 heterocycles. The second-order valence-corrected chi connectivity index (χ2v) is 7.13. The van der Waals surface area contributed by atoms with Crippen molar-refractivity contribution in [1.82, 2.24) is 19.6 Å². The van der Waals surface area contributed by atoms with Gasteiger partial charge in [-0.2, -0.15) is 0 Å². The van der Waals surface area contributed by atoms with E-state index in [1.165, 1.54) is 22.2 Å². The van der Waals surface area contributed by atoms with Gasteiger partial charge in [-0.25, -0.2) is 4.98 Å². The summed E-state index contributed by atoms with van der Waals surface area (Å²) in [6.07, 6.45) is 1.54. The molecule has 0 saturated heterocycles. The minimum absolute atomic E-state index is 0.196. The van der Waals surface area contributed by atoms with Gasteiger partial charge in [0, 0.05) is 28.6 Å². The van der Waals surface area contributed by atoms with Crippen molar-refractivity contribution < 1.29 is 4.42 Å². The van der Waals surface area contributed by atoms with Crippen LogP contribution in [0.5, 0.6) is 0 Å². The zero-order valence-corrected chi connectivity index (χ0v) is 15.4. The summed E-state index contributed by atoms with van der Waals surface area (Å²) in [4.78, 5) is 16.6. The summed E-state index contributed by atoms with van der Waals surface area (Å²) < 4.78 is 7.04. The molecule has 0 bridgehead atoms. The summed E-state index contributed by atoms with van der Waals surface area (Å²) in [5, 5.41) is 9.48. The second-order valence-electron chi connectivity index (χ2n) is 5.33. The highest BCUT2D eigenvalue weighted by atomic mass is 35.5. The Bertz CT molecular complexity index is 1160. The van der Waals surface area contributed by atoms with Gasteiger partial charge in [0.2, 0.25) is 5.89 Å². The number of halogens is 2. The highest BCUT2D eigenvalue weighted by Crippen LogP contribution is 2.26. The van der Waals surface area contributed by atoms with E-state index >= 15 is 0 Å². The lowest BCUT2D eigenvalue weighted by Gasteiger charge is -2.03. The molecule has 6 nitrogen and oxygen atoms in total. The van der Waals surface area contributed by atoms with Gasteiger partial charge in [0.05, 0.1) is 10.7 Å². The largest absolute Gasteiger partial charge is 0.411 e. The lowest BCUT2D eigenvalue weighted by molar-refractivity contribution is 0.466.